The molecule has 2 aromatic heterocycles. The van der Waals surface area contributed by atoms with Gasteiger partial charge in [-0.2, -0.15) is 0 Å². The molecule has 5 heteroatoms. The molecule has 0 fully saturated rings. The number of rotatable bonds is 1. The molecule has 0 saturated carbocycles. The Balaban J connectivity index is 1.63. The molecule has 0 spiro atoms. The summed E-state index contributed by atoms with van der Waals surface area (Å²) in [5, 5.41) is 3.36. The van der Waals surface area contributed by atoms with Gasteiger partial charge >= 0.3 is 7.41 Å². The van der Waals surface area contributed by atoms with Crippen molar-refractivity contribution >= 4 is 61.8 Å². The number of nitrogen functional groups attached to an aromatic ring is 1. The minimum atomic E-state index is 0.679. The topological polar surface area (TPSA) is 42.4 Å². The van der Waals surface area contributed by atoms with Gasteiger partial charge in [-0.1, -0.05) is 54.6 Å². The van der Waals surface area contributed by atoms with E-state index in [0.717, 1.165) is 27.3 Å². The van der Waals surface area contributed by atoms with Crippen LogP contribution >= 0.6 is 11.3 Å². The molecular weight excluding hydrogens is 351 g/mol. The molecule has 27 heavy (non-hydrogen) atoms. The van der Waals surface area contributed by atoms with E-state index >= 15 is 0 Å². The molecule has 0 atom stereocenters. The first kappa shape index (κ1) is 14.9. The summed E-state index contributed by atoms with van der Waals surface area (Å²) in [5.41, 5.74) is 12.9. The van der Waals surface area contributed by atoms with Crippen molar-refractivity contribution in [2.45, 2.75) is 0 Å². The third kappa shape index (κ3) is 2.03. The second-order valence-corrected chi connectivity index (χ2v) is 7.85. The number of nitrogens with two attached hydrogens (primary N) is 1. The quantitative estimate of drug-likeness (QED) is 0.424. The highest BCUT2D eigenvalue weighted by Crippen LogP contribution is 2.47. The molecule has 0 unspecified atom stereocenters. The van der Waals surface area contributed by atoms with Gasteiger partial charge < -0.3 is 15.0 Å². The van der Waals surface area contributed by atoms with Crippen LogP contribution in [-0.4, -0.2) is 7.41 Å². The average molecular weight is 366 g/mol. The van der Waals surface area contributed by atoms with Crippen molar-refractivity contribution in [3.63, 3.8) is 0 Å². The third-order valence-electron chi connectivity index (χ3n) is 5.29. The van der Waals surface area contributed by atoms with E-state index in [0.29, 0.717) is 7.41 Å². The number of nitrogens with zero attached hydrogens (tertiary/aromatic N) is 1. The number of furan rings is 1. The van der Waals surface area contributed by atoms with Crippen molar-refractivity contribution in [3.8, 4) is 11.1 Å². The highest BCUT2D eigenvalue weighted by Gasteiger charge is 2.31. The molecule has 1 aliphatic heterocycles. The Labute approximate surface area is 160 Å². The van der Waals surface area contributed by atoms with Crippen molar-refractivity contribution in [1.82, 2.24) is 0 Å². The van der Waals surface area contributed by atoms with Crippen LogP contribution in [0.25, 0.3) is 32.2 Å². The van der Waals surface area contributed by atoms with Crippen molar-refractivity contribution in [2.24, 2.45) is 0 Å². The Morgan fingerprint density at radius 2 is 1.59 bits per heavy atom. The van der Waals surface area contributed by atoms with Crippen LogP contribution in [-0.2, 0) is 0 Å². The SMILES string of the molecule is Nc1c(N2Bc3oc4ccccc4c3-c3ccccc32)sc2ccccc12. The first-order valence-corrected chi connectivity index (χ1v) is 9.77. The molecule has 0 amide bonds. The summed E-state index contributed by atoms with van der Waals surface area (Å²) in [6.07, 6.45) is 0. The van der Waals surface area contributed by atoms with E-state index in [2.05, 4.69) is 59.4 Å². The number of fused-ring (bicyclic) bond motifs is 6. The molecular formula is C22H15BN2OS. The zero-order valence-corrected chi connectivity index (χ0v) is 15.3. The minimum Gasteiger partial charge on any atom is -0.468 e. The van der Waals surface area contributed by atoms with Crippen LogP contribution < -0.4 is 16.2 Å². The van der Waals surface area contributed by atoms with E-state index in [-0.39, 0.29) is 0 Å². The number of thiophene rings is 1. The van der Waals surface area contributed by atoms with Crippen molar-refractivity contribution in [3.05, 3.63) is 72.8 Å². The fraction of sp³-hybridized carbons (Fsp3) is 0. The lowest BCUT2D eigenvalue weighted by molar-refractivity contribution is 0.652. The second-order valence-electron chi connectivity index (χ2n) is 6.82. The van der Waals surface area contributed by atoms with Gasteiger partial charge in [0.25, 0.3) is 0 Å². The lowest BCUT2D eigenvalue weighted by atomic mass is 9.76. The summed E-state index contributed by atoms with van der Waals surface area (Å²) >= 11 is 1.73. The molecule has 5 aromatic rings. The predicted octanol–water partition coefficient (Wildman–Crippen LogP) is 5.03. The van der Waals surface area contributed by atoms with Crippen LogP contribution in [0.4, 0.5) is 16.4 Å². The zero-order chi connectivity index (χ0) is 18.0. The van der Waals surface area contributed by atoms with Crippen LogP contribution in [0.2, 0.25) is 0 Å². The molecule has 1 aliphatic rings. The Morgan fingerprint density at radius 1 is 0.852 bits per heavy atom. The van der Waals surface area contributed by atoms with Gasteiger partial charge in [0.2, 0.25) is 0 Å². The van der Waals surface area contributed by atoms with E-state index in [1.807, 2.05) is 18.2 Å². The van der Waals surface area contributed by atoms with Gasteiger partial charge in [0, 0.05) is 32.3 Å². The first-order chi connectivity index (χ1) is 13.3. The van der Waals surface area contributed by atoms with Crippen LogP contribution in [0.5, 0.6) is 0 Å². The molecule has 128 valence electrons. The summed E-state index contributed by atoms with van der Waals surface area (Å²) in [4.78, 5) is 2.29. The monoisotopic (exact) mass is 366 g/mol. The maximum atomic E-state index is 6.56. The number of anilines is 3. The Morgan fingerprint density at radius 3 is 2.48 bits per heavy atom. The van der Waals surface area contributed by atoms with E-state index in [1.165, 1.54) is 26.9 Å². The van der Waals surface area contributed by atoms with Crippen molar-refractivity contribution in [1.29, 1.82) is 0 Å². The average Bonchev–Trinajstić information content (AvgIpc) is 3.25. The van der Waals surface area contributed by atoms with E-state index in [1.54, 1.807) is 11.3 Å². The standard InChI is InChI=1S/C22H15BN2OS/c24-20-15-9-3-6-12-18(15)27-22(20)25-16-10-4-1-7-13(16)19-14-8-2-5-11-17(14)26-21(19)23-25/h1-12,23H,24H2. The fourth-order valence-electron chi connectivity index (χ4n) is 4.09. The zero-order valence-electron chi connectivity index (χ0n) is 14.5. The first-order valence-electron chi connectivity index (χ1n) is 8.95. The number of para-hydroxylation sites is 2. The molecule has 2 N–H and O–H groups in total. The number of hydrogen-bond acceptors (Lipinski definition) is 4. The largest absolute Gasteiger partial charge is 0.468 e. The number of benzene rings is 3. The minimum absolute atomic E-state index is 0.679. The highest BCUT2D eigenvalue weighted by atomic mass is 32.1. The molecule has 0 aliphatic carbocycles. The normalized spacial score (nSPS) is 12.8. The van der Waals surface area contributed by atoms with Crippen LogP contribution in [0, 0.1) is 0 Å². The van der Waals surface area contributed by atoms with Crippen molar-refractivity contribution in [2.75, 3.05) is 10.5 Å². The molecule has 0 saturated heterocycles. The van der Waals surface area contributed by atoms with E-state index < -0.39 is 0 Å². The highest BCUT2D eigenvalue weighted by molar-refractivity contribution is 7.24. The molecule has 3 nitrogen and oxygen atoms in total. The van der Waals surface area contributed by atoms with Crippen LogP contribution in [0.15, 0.2) is 77.2 Å². The second kappa shape index (κ2) is 5.41. The van der Waals surface area contributed by atoms with Crippen LogP contribution in [0.3, 0.4) is 0 Å². The lowest BCUT2D eigenvalue weighted by Gasteiger charge is -2.29. The molecule has 3 heterocycles. The Bertz CT molecular complexity index is 1340. The van der Waals surface area contributed by atoms with Gasteiger partial charge in [-0.05, 0) is 18.2 Å². The number of hydrogen-bond donors (Lipinski definition) is 1. The smallest absolute Gasteiger partial charge is 0.321 e. The van der Waals surface area contributed by atoms with Gasteiger partial charge in [-0.15, -0.1) is 11.3 Å². The van der Waals surface area contributed by atoms with Gasteiger partial charge in [-0.3, -0.25) is 0 Å². The van der Waals surface area contributed by atoms with E-state index in [9.17, 15) is 0 Å². The third-order valence-corrected chi connectivity index (χ3v) is 6.50. The summed E-state index contributed by atoms with van der Waals surface area (Å²) < 4.78 is 7.44. The molecule has 6 rings (SSSR count). The summed E-state index contributed by atoms with van der Waals surface area (Å²) in [7, 11) is 0.679. The Hall–Kier alpha value is -3.18. The maximum Gasteiger partial charge on any atom is 0.321 e. The van der Waals surface area contributed by atoms with Crippen molar-refractivity contribution < 1.29 is 4.42 Å². The van der Waals surface area contributed by atoms with Gasteiger partial charge in [0.1, 0.15) is 10.6 Å². The van der Waals surface area contributed by atoms with Gasteiger partial charge in [0.05, 0.1) is 11.3 Å². The molecule has 0 bridgehead atoms. The summed E-state index contributed by atoms with van der Waals surface area (Å²) in [5.74, 6) is 0. The summed E-state index contributed by atoms with van der Waals surface area (Å²) in [6, 6.07) is 25.1. The molecule has 0 radical (unpaired) electrons. The summed E-state index contributed by atoms with van der Waals surface area (Å²) in [6.45, 7) is 0. The maximum absolute atomic E-state index is 6.56. The van der Waals surface area contributed by atoms with Crippen LogP contribution in [0.1, 0.15) is 0 Å². The molecule has 3 aromatic carbocycles. The lowest BCUT2D eigenvalue weighted by Crippen LogP contribution is -2.36. The fourth-order valence-corrected chi connectivity index (χ4v) is 5.22. The van der Waals surface area contributed by atoms with E-state index in [4.69, 9.17) is 10.2 Å². The Kier molecular flexibility index (Phi) is 2.99. The van der Waals surface area contributed by atoms with Gasteiger partial charge in [-0.25, -0.2) is 0 Å². The predicted molar refractivity (Wildman–Crippen MR) is 117 cm³/mol. The van der Waals surface area contributed by atoms with Gasteiger partial charge in [0.15, 0.2) is 0 Å².